The van der Waals surface area contributed by atoms with Gasteiger partial charge in [-0.1, -0.05) is 90.5 Å². The molecule has 0 unspecified atom stereocenters. The molecule has 0 saturated carbocycles. The number of hydrogen-bond donors (Lipinski definition) is 1. The van der Waals surface area contributed by atoms with E-state index < -0.39 is 5.54 Å². The first-order valence-corrected chi connectivity index (χ1v) is 11.2. The number of anilines is 2. The Kier molecular flexibility index (Phi) is 4.56. The summed E-state index contributed by atoms with van der Waals surface area (Å²) in [7, 11) is 0. The van der Waals surface area contributed by atoms with Gasteiger partial charge in [0.15, 0.2) is 5.54 Å². The second-order valence-corrected chi connectivity index (χ2v) is 8.69. The van der Waals surface area contributed by atoms with Gasteiger partial charge in [0.1, 0.15) is 0 Å². The van der Waals surface area contributed by atoms with E-state index in [-0.39, 0.29) is 11.8 Å². The van der Waals surface area contributed by atoms with Gasteiger partial charge in [-0.2, -0.15) is 5.10 Å². The lowest BCUT2D eigenvalue weighted by Gasteiger charge is -2.37. The normalized spacial score (nSPS) is 21.1. The standard InChI is InChI=1S/C28H20ClN3O/c29-21-13-9-12-20(18-21)25-26(19-10-3-1-4-11-19)31-32(22-14-5-2-6-15-22)28(25)23-16-7-8-17-24(23)30-27(28)33/h1-18,25H,(H,30,33)/t25-,28-/m0/s1. The van der Waals surface area contributed by atoms with Gasteiger partial charge in [0.05, 0.1) is 17.3 Å². The molecule has 0 fully saturated rings. The smallest absolute Gasteiger partial charge is 0.258 e. The molecule has 2 atom stereocenters. The lowest BCUT2D eigenvalue weighted by molar-refractivity contribution is -0.120. The van der Waals surface area contributed by atoms with E-state index in [2.05, 4.69) is 5.32 Å². The van der Waals surface area contributed by atoms with Crippen molar-refractivity contribution in [2.45, 2.75) is 11.5 Å². The Hall–Kier alpha value is -3.89. The predicted octanol–water partition coefficient (Wildman–Crippen LogP) is 6.20. The van der Waals surface area contributed by atoms with E-state index in [0.717, 1.165) is 33.8 Å². The third-order valence-electron chi connectivity index (χ3n) is 6.42. The van der Waals surface area contributed by atoms with Crippen molar-refractivity contribution in [2.24, 2.45) is 5.10 Å². The maximum absolute atomic E-state index is 14.0. The highest BCUT2D eigenvalue weighted by Crippen LogP contribution is 2.55. The minimum atomic E-state index is -1.09. The van der Waals surface area contributed by atoms with Crippen LogP contribution in [0.15, 0.2) is 114 Å². The Bertz CT molecular complexity index is 1390. The molecule has 0 saturated heterocycles. The average molecular weight is 450 g/mol. The topological polar surface area (TPSA) is 44.7 Å². The van der Waals surface area contributed by atoms with Gasteiger partial charge in [-0.15, -0.1) is 0 Å². The summed E-state index contributed by atoms with van der Waals surface area (Å²) < 4.78 is 0. The monoisotopic (exact) mass is 449 g/mol. The van der Waals surface area contributed by atoms with Crippen molar-refractivity contribution in [2.75, 3.05) is 10.3 Å². The molecule has 1 spiro atoms. The fourth-order valence-corrected chi connectivity index (χ4v) is 5.27. The third kappa shape index (κ3) is 2.91. The quantitative estimate of drug-likeness (QED) is 0.405. The fraction of sp³-hybridized carbons (Fsp3) is 0.0714. The maximum atomic E-state index is 14.0. The number of benzene rings is 4. The number of carbonyl (C=O) groups excluding carboxylic acids is 1. The van der Waals surface area contributed by atoms with Crippen LogP contribution in [-0.2, 0) is 10.3 Å². The number of halogens is 1. The molecular weight excluding hydrogens is 430 g/mol. The number of carbonyl (C=O) groups is 1. The van der Waals surface area contributed by atoms with Crippen LogP contribution in [0.5, 0.6) is 0 Å². The van der Waals surface area contributed by atoms with Crippen LogP contribution in [0.2, 0.25) is 5.02 Å². The summed E-state index contributed by atoms with van der Waals surface area (Å²) in [5.74, 6) is -0.477. The average Bonchev–Trinajstić information content (AvgIpc) is 3.36. The fourth-order valence-electron chi connectivity index (χ4n) is 5.07. The van der Waals surface area contributed by atoms with E-state index in [1.54, 1.807) is 0 Å². The molecule has 2 aliphatic rings. The Labute approximate surface area is 197 Å². The van der Waals surface area contributed by atoms with Crippen molar-refractivity contribution < 1.29 is 4.79 Å². The lowest BCUT2D eigenvalue weighted by Crippen LogP contribution is -2.50. The molecule has 0 aromatic heterocycles. The van der Waals surface area contributed by atoms with Crippen LogP contribution in [-0.4, -0.2) is 11.6 Å². The lowest BCUT2D eigenvalue weighted by atomic mass is 9.72. The van der Waals surface area contributed by atoms with Crippen molar-refractivity contribution in [3.05, 3.63) is 131 Å². The highest BCUT2D eigenvalue weighted by molar-refractivity contribution is 6.30. The second kappa shape index (κ2) is 7.61. The van der Waals surface area contributed by atoms with Gasteiger partial charge in [0.25, 0.3) is 5.91 Å². The minimum Gasteiger partial charge on any atom is -0.323 e. The van der Waals surface area contributed by atoms with Crippen molar-refractivity contribution in [1.29, 1.82) is 0 Å². The molecule has 6 rings (SSSR count). The number of amides is 1. The highest BCUT2D eigenvalue weighted by atomic mass is 35.5. The molecule has 4 aromatic rings. The van der Waals surface area contributed by atoms with E-state index >= 15 is 0 Å². The predicted molar refractivity (Wildman–Crippen MR) is 133 cm³/mol. The number of para-hydroxylation sites is 2. The summed E-state index contributed by atoms with van der Waals surface area (Å²) in [6, 6.07) is 35.5. The molecule has 0 radical (unpaired) electrons. The number of nitrogens with zero attached hydrogens (tertiary/aromatic N) is 2. The number of hydrazone groups is 1. The SMILES string of the molecule is O=C1Nc2ccccc2[C@]12[C@@H](c1cccc(Cl)c1)C(c1ccccc1)=NN2c1ccccc1. The zero-order valence-electron chi connectivity index (χ0n) is 17.7. The summed E-state index contributed by atoms with van der Waals surface area (Å²) in [6.07, 6.45) is 0. The van der Waals surface area contributed by atoms with Gasteiger partial charge in [0.2, 0.25) is 0 Å². The molecule has 33 heavy (non-hydrogen) atoms. The molecule has 2 aliphatic heterocycles. The Morgan fingerprint density at radius 2 is 1.52 bits per heavy atom. The van der Waals surface area contributed by atoms with Crippen molar-refractivity contribution in [1.82, 2.24) is 0 Å². The van der Waals surface area contributed by atoms with Gasteiger partial charge in [0, 0.05) is 16.3 Å². The number of fused-ring (bicyclic) bond motifs is 2. The molecule has 160 valence electrons. The Morgan fingerprint density at radius 3 is 2.27 bits per heavy atom. The molecule has 1 N–H and O–H groups in total. The largest absolute Gasteiger partial charge is 0.323 e. The Morgan fingerprint density at radius 1 is 0.818 bits per heavy atom. The van der Waals surface area contributed by atoms with Crippen LogP contribution < -0.4 is 10.3 Å². The minimum absolute atomic E-state index is 0.104. The maximum Gasteiger partial charge on any atom is 0.258 e. The molecular formula is C28H20ClN3O. The van der Waals surface area contributed by atoms with Gasteiger partial charge in [-0.25, -0.2) is 5.01 Å². The zero-order valence-corrected chi connectivity index (χ0v) is 18.4. The second-order valence-electron chi connectivity index (χ2n) is 8.25. The van der Waals surface area contributed by atoms with E-state index in [0.29, 0.717) is 5.02 Å². The first-order valence-electron chi connectivity index (χ1n) is 10.9. The van der Waals surface area contributed by atoms with Crippen LogP contribution in [0.1, 0.15) is 22.6 Å². The molecule has 4 nitrogen and oxygen atoms in total. The third-order valence-corrected chi connectivity index (χ3v) is 6.65. The summed E-state index contributed by atoms with van der Waals surface area (Å²) in [5.41, 5.74) is 4.20. The van der Waals surface area contributed by atoms with Gasteiger partial charge >= 0.3 is 0 Å². The van der Waals surface area contributed by atoms with E-state index in [1.807, 2.05) is 114 Å². The number of nitrogens with one attached hydrogen (secondary N) is 1. The zero-order chi connectivity index (χ0) is 22.4. The van der Waals surface area contributed by atoms with Gasteiger partial charge in [-0.05, 0) is 41.5 Å². The summed E-state index contributed by atoms with van der Waals surface area (Å²) in [5, 5.41) is 10.8. The van der Waals surface area contributed by atoms with Crippen LogP contribution in [0.25, 0.3) is 0 Å². The van der Waals surface area contributed by atoms with Crippen molar-refractivity contribution >= 4 is 34.6 Å². The summed E-state index contributed by atoms with van der Waals surface area (Å²) in [4.78, 5) is 14.0. The highest BCUT2D eigenvalue weighted by Gasteiger charge is 2.62. The first kappa shape index (κ1) is 19.8. The van der Waals surface area contributed by atoms with Crippen LogP contribution in [0.4, 0.5) is 11.4 Å². The molecule has 4 aromatic carbocycles. The molecule has 5 heteroatoms. The van der Waals surface area contributed by atoms with Crippen molar-refractivity contribution in [3.8, 4) is 0 Å². The number of hydrogen-bond acceptors (Lipinski definition) is 3. The van der Waals surface area contributed by atoms with Gasteiger partial charge in [-0.3, -0.25) is 4.79 Å². The van der Waals surface area contributed by atoms with Crippen LogP contribution >= 0.6 is 11.6 Å². The van der Waals surface area contributed by atoms with Crippen LogP contribution in [0.3, 0.4) is 0 Å². The summed E-state index contributed by atoms with van der Waals surface area (Å²) in [6.45, 7) is 0. The molecule has 2 heterocycles. The van der Waals surface area contributed by atoms with Gasteiger partial charge < -0.3 is 5.32 Å². The van der Waals surface area contributed by atoms with E-state index in [1.165, 1.54) is 0 Å². The molecule has 0 bridgehead atoms. The number of rotatable bonds is 3. The van der Waals surface area contributed by atoms with E-state index in [9.17, 15) is 4.79 Å². The molecule has 1 amide bonds. The van der Waals surface area contributed by atoms with Crippen molar-refractivity contribution in [3.63, 3.8) is 0 Å². The van der Waals surface area contributed by atoms with Crippen LogP contribution in [0, 0.1) is 0 Å². The first-order chi connectivity index (χ1) is 16.2. The Balaban J connectivity index is 1.70. The molecule has 0 aliphatic carbocycles. The van der Waals surface area contributed by atoms with E-state index in [4.69, 9.17) is 16.7 Å². The summed E-state index contributed by atoms with van der Waals surface area (Å²) >= 11 is 6.45.